The van der Waals surface area contributed by atoms with Gasteiger partial charge in [0.2, 0.25) is 5.91 Å². The standard InChI is InChI=1S/C19H29N5O2.2ClH/c1-15(14-26-2)24-17(22-16-6-4-10-21-19(16)24)7-3-8-18(25)23-12-5-9-20-11-13-23;;/h4,6,10,15,20H,3,5,7-9,11-14H2,1-2H3;2*1H. The van der Waals surface area contributed by atoms with Gasteiger partial charge in [-0.05, 0) is 38.4 Å². The van der Waals surface area contributed by atoms with Crippen molar-refractivity contribution in [3.8, 4) is 0 Å². The molecule has 1 atom stereocenters. The van der Waals surface area contributed by atoms with E-state index in [1.165, 1.54) is 0 Å². The summed E-state index contributed by atoms with van der Waals surface area (Å²) < 4.78 is 7.47. The van der Waals surface area contributed by atoms with Crippen LogP contribution in [0.5, 0.6) is 0 Å². The first-order chi connectivity index (χ1) is 12.7. The zero-order valence-corrected chi connectivity index (χ0v) is 18.2. The molecule has 0 aromatic carbocycles. The molecule has 158 valence electrons. The summed E-state index contributed by atoms with van der Waals surface area (Å²) in [6.45, 7) is 6.28. The van der Waals surface area contributed by atoms with E-state index in [9.17, 15) is 4.79 Å². The van der Waals surface area contributed by atoms with Crippen LogP contribution in [0.2, 0.25) is 0 Å². The molecular formula is C19H31Cl2N5O2. The number of halogens is 2. The van der Waals surface area contributed by atoms with Crippen LogP contribution in [-0.2, 0) is 16.0 Å². The lowest BCUT2D eigenvalue weighted by molar-refractivity contribution is -0.131. The highest BCUT2D eigenvalue weighted by Gasteiger charge is 2.18. The maximum absolute atomic E-state index is 12.5. The third-order valence-corrected chi connectivity index (χ3v) is 4.85. The molecule has 1 amide bonds. The van der Waals surface area contributed by atoms with E-state index in [0.717, 1.165) is 62.4 Å². The minimum Gasteiger partial charge on any atom is -0.383 e. The lowest BCUT2D eigenvalue weighted by atomic mass is 10.2. The summed E-state index contributed by atoms with van der Waals surface area (Å²) in [5, 5.41) is 3.33. The van der Waals surface area contributed by atoms with E-state index in [1.807, 2.05) is 17.0 Å². The molecule has 1 N–H and O–H groups in total. The second kappa shape index (κ2) is 12.2. The summed E-state index contributed by atoms with van der Waals surface area (Å²) in [7, 11) is 1.71. The van der Waals surface area contributed by atoms with Crippen LogP contribution in [0.15, 0.2) is 18.3 Å². The molecule has 28 heavy (non-hydrogen) atoms. The highest BCUT2D eigenvalue weighted by molar-refractivity contribution is 5.85. The van der Waals surface area contributed by atoms with Crippen molar-refractivity contribution in [1.82, 2.24) is 24.8 Å². The van der Waals surface area contributed by atoms with Crippen molar-refractivity contribution in [1.29, 1.82) is 0 Å². The fourth-order valence-electron chi connectivity index (χ4n) is 3.58. The van der Waals surface area contributed by atoms with Crippen molar-refractivity contribution >= 4 is 41.9 Å². The molecule has 0 aliphatic carbocycles. The third-order valence-electron chi connectivity index (χ3n) is 4.85. The van der Waals surface area contributed by atoms with Gasteiger partial charge in [-0.15, -0.1) is 24.8 Å². The third kappa shape index (κ3) is 6.04. The predicted molar refractivity (Wildman–Crippen MR) is 116 cm³/mol. The van der Waals surface area contributed by atoms with Gasteiger partial charge in [-0.2, -0.15) is 0 Å². The Balaban J connectivity index is 0.00000196. The summed E-state index contributed by atoms with van der Waals surface area (Å²) in [5.41, 5.74) is 1.78. The van der Waals surface area contributed by atoms with Crippen LogP contribution in [0.3, 0.4) is 0 Å². The number of methoxy groups -OCH3 is 1. The quantitative estimate of drug-likeness (QED) is 0.729. The van der Waals surface area contributed by atoms with Crippen LogP contribution in [-0.4, -0.2) is 65.2 Å². The van der Waals surface area contributed by atoms with Crippen LogP contribution < -0.4 is 5.32 Å². The summed E-state index contributed by atoms with van der Waals surface area (Å²) in [5.74, 6) is 1.23. The van der Waals surface area contributed by atoms with Gasteiger partial charge in [0.25, 0.3) is 0 Å². The van der Waals surface area contributed by atoms with Crippen LogP contribution in [0, 0.1) is 0 Å². The van der Waals surface area contributed by atoms with Gasteiger partial charge >= 0.3 is 0 Å². The van der Waals surface area contributed by atoms with Gasteiger partial charge in [0.05, 0.1) is 12.6 Å². The van der Waals surface area contributed by atoms with Gasteiger partial charge in [0.15, 0.2) is 5.65 Å². The number of fused-ring (bicyclic) bond motifs is 1. The second-order valence-electron chi connectivity index (χ2n) is 6.89. The summed E-state index contributed by atoms with van der Waals surface area (Å²) in [6, 6.07) is 4.04. The zero-order valence-electron chi connectivity index (χ0n) is 16.6. The molecule has 3 rings (SSSR count). The zero-order chi connectivity index (χ0) is 18.4. The first-order valence-corrected chi connectivity index (χ1v) is 9.50. The van der Waals surface area contributed by atoms with Gasteiger partial charge < -0.3 is 19.5 Å². The number of nitrogens with zero attached hydrogens (tertiary/aromatic N) is 4. The van der Waals surface area contributed by atoms with E-state index in [1.54, 1.807) is 13.3 Å². The van der Waals surface area contributed by atoms with Gasteiger partial charge in [-0.1, -0.05) is 0 Å². The smallest absolute Gasteiger partial charge is 0.222 e. The molecule has 1 unspecified atom stereocenters. The molecule has 2 aromatic heterocycles. The Morgan fingerprint density at radius 1 is 1.32 bits per heavy atom. The van der Waals surface area contributed by atoms with E-state index in [4.69, 9.17) is 9.72 Å². The molecule has 0 spiro atoms. The second-order valence-corrected chi connectivity index (χ2v) is 6.89. The normalized spacial score (nSPS) is 15.4. The minimum atomic E-state index is 0. The fraction of sp³-hybridized carbons (Fsp3) is 0.632. The summed E-state index contributed by atoms with van der Waals surface area (Å²) >= 11 is 0. The molecule has 3 heterocycles. The van der Waals surface area contributed by atoms with Crippen molar-refractivity contribution in [3.05, 3.63) is 24.2 Å². The summed E-state index contributed by atoms with van der Waals surface area (Å²) in [4.78, 5) is 23.7. The maximum atomic E-state index is 12.5. The highest BCUT2D eigenvalue weighted by Crippen LogP contribution is 2.21. The number of aromatic nitrogens is 3. The molecule has 1 aliphatic rings. The molecule has 0 bridgehead atoms. The molecule has 0 radical (unpaired) electrons. The number of ether oxygens (including phenoxy) is 1. The Bertz CT molecular complexity index is 732. The number of nitrogens with one attached hydrogen (secondary N) is 1. The van der Waals surface area contributed by atoms with Crippen molar-refractivity contribution in [3.63, 3.8) is 0 Å². The SMILES string of the molecule is COCC(C)n1c(CCCC(=O)N2CCCNCC2)nc2cccnc21.Cl.Cl. The van der Waals surface area contributed by atoms with Crippen molar-refractivity contribution in [2.75, 3.05) is 39.9 Å². The molecular weight excluding hydrogens is 401 g/mol. The number of carbonyl (C=O) groups excluding carboxylic acids is 1. The van der Waals surface area contributed by atoms with E-state index in [-0.39, 0.29) is 36.8 Å². The number of hydrogen-bond acceptors (Lipinski definition) is 5. The van der Waals surface area contributed by atoms with Crippen molar-refractivity contribution in [2.24, 2.45) is 0 Å². The Morgan fingerprint density at radius 2 is 2.14 bits per heavy atom. The summed E-state index contributed by atoms with van der Waals surface area (Å²) in [6.07, 6.45) is 4.95. The van der Waals surface area contributed by atoms with E-state index < -0.39 is 0 Å². The van der Waals surface area contributed by atoms with Crippen molar-refractivity contribution in [2.45, 2.75) is 38.6 Å². The highest BCUT2D eigenvalue weighted by atomic mass is 35.5. The average Bonchev–Trinajstić information content (AvgIpc) is 2.80. The number of rotatable bonds is 7. The lowest BCUT2D eigenvalue weighted by Gasteiger charge is -2.20. The molecule has 1 aliphatic heterocycles. The van der Waals surface area contributed by atoms with Crippen molar-refractivity contribution < 1.29 is 9.53 Å². The number of hydrogen-bond donors (Lipinski definition) is 1. The largest absolute Gasteiger partial charge is 0.383 e. The van der Waals surface area contributed by atoms with Crippen LogP contribution in [0.4, 0.5) is 0 Å². The number of carbonyl (C=O) groups is 1. The first-order valence-electron chi connectivity index (χ1n) is 9.50. The van der Waals surface area contributed by atoms with Gasteiger partial charge in [0, 0.05) is 45.8 Å². The molecule has 1 fully saturated rings. The molecule has 0 saturated carbocycles. The Hall–Kier alpha value is -1.41. The molecule has 1 saturated heterocycles. The number of pyridine rings is 1. The molecule has 9 heteroatoms. The van der Waals surface area contributed by atoms with Gasteiger partial charge in [-0.25, -0.2) is 9.97 Å². The topological polar surface area (TPSA) is 72.3 Å². The van der Waals surface area contributed by atoms with Crippen LogP contribution >= 0.6 is 24.8 Å². The van der Waals surface area contributed by atoms with Crippen LogP contribution in [0.25, 0.3) is 11.2 Å². The number of amides is 1. The Labute approximate surface area is 179 Å². The predicted octanol–water partition coefficient (Wildman–Crippen LogP) is 2.63. The number of aryl methyl sites for hydroxylation is 1. The van der Waals surface area contributed by atoms with E-state index in [0.29, 0.717) is 13.0 Å². The number of imidazole rings is 1. The van der Waals surface area contributed by atoms with E-state index in [2.05, 4.69) is 21.8 Å². The average molecular weight is 432 g/mol. The first kappa shape index (κ1) is 24.6. The lowest BCUT2D eigenvalue weighted by Crippen LogP contribution is -2.34. The molecule has 2 aromatic rings. The molecule has 7 nitrogen and oxygen atoms in total. The monoisotopic (exact) mass is 431 g/mol. The Morgan fingerprint density at radius 3 is 2.93 bits per heavy atom. The maximum Gasteiger partial charge on any atom is 0.222 e. The minimum absolute atomic E-state index is 0. The fourth-order valence-corrected chi connectivity index (χ4v) is 3.58. The van der Waals surface area contributed by atoms with E-state index >= 15 is 0 Å². The Kier molecular flexibility index (Phi) is 10.7. The van der Waals surface area contributed by atoms with Gasteiger partial charge in [-0.3, -0.25) is 4.79 Å². The van der Waals surface area contributed by atoms with Gasteiger partial charge in [0.1, 0.15) is 11.3 Å². The van der Waals surface area contributed by atoms with Crippen LogP contribution in [0.1, 0.15) is 38.1 Å².